The Bertz CT molecular complexity index is 528. The summed E-state index contributed by atoms with van der Waals surface area (Å²) in [6.07, 6.45) is -4.73. The summed E-state index contributed by atoms with van der Waals surface area (Å²) < 4.78 is 62.6. The summed E-state index contributed by atoms with van der Waals surface area (Å²) in [7, 11) is -4.09. The van der Waals surface area contributed by atoms with Gasteiger partial charge in [-0.2, -0.15) is 13.2 Å². The van der Waals surface area contributed by atoms with Crippen molar-refractivity contribution in [2.45, 2.75) is 11.1 Å². The van der Waals surface area contributed by atoms with Crippen LogP contribution in [0.3, 0.4) is 0 Å². The van der Waals surface area contributed by atoms with Crippen LogP contribution in [0.25, 0.3) is 0 Å². The number of hydrogen-bond acceptors (Lipinski definition) is 4. The maximum absolute atomic E-state index is 12.5. The lowest BCUT2D eigenvalue weighted by Gasteiger charge is -2.12. The van der Waals surface area contributed by atoms with Crippen molar-refractivity contribution in [1.82, 2.24) is 4.72 Å². The van der Waals surface area contributed by atoms with Crippen molar-refractivity contribution in [2.24, 2.45) is 0 Å². The lowest BCUT2D eigenvalue weighted by molar-refractivity contribution is -0.137. The highest BCUT2D eigenvalue weighted by atomic mass is 32.2. The number of nitrogens with one attached hydrogen (secondary N) is 1. The molecule has 5 nitrogen and oxygen atoms in total. The number of alkyl halides is 3. The lowest BCUT2D eigenvalue weighted by atomic mass is 10.2. The van der Waals surface area contributed by atoms with Crippen LogP contribution in [0.1, 0.15) is 5.56 Å². The van der Waals surface area contributed by atoms with Crippen LogP contribution < -0.4 is 10.5 Å². The molecule has 0 saturated carbocycles. The van der Waals surface area contributed by atoms with E-state index < -0.39 is 39.0 Å². The number of nitrogens with two attached hydrogens (primary N) is 1. The molecular weight excluding hydrogens is 273 g/mol. The quantitative estimate of drug-likeness (QED) is 0.704. The minimum Gasteiger partial charge on any atom is -0.398 e. The fraction of sp³-hybridized carbons (Fsp3) is 0.333. The molecule has 0 saturated heterocycles. The van der Waals surface area contributed by atoms with Crippen LogP contribution in [0.4, 0.5) is 18.9 Å². The Morgan fingerprint density at radius 1 is 1.33 bits per heavy atom. The third kappa shape index (κ3) is 3.34. The zero-order chi connectivity index (χ0) is 14.0. The highest BCUT2D eigenvalue weighted by molar-refractivity contribution is 7.89. The maximum atomic E-state index is 12.5. The Morgan fingerprint density at radius 3 is 2.44 bits per heavy atom. The van der Waals surface area contributed by atoms with Crippen LogP contribution in [0, 0.1) is 0 Å². The molecule has 0 unspecified atom stereocenters. The van der Waals surface area contributed by atoms with E-state index >= 15 is 0 Å². The molecular formula is C9H11F3N2O3S. The van der Waals surface area contributed by atoms with E-state index in [-0.39, 0.29) is 6.54 Å². The SMILES string of the molecule is Nc1ccc(S(=O)(=O)NCCO)cc1C(F)(F)F. The van der Waals surface area contributed by atoms with Crippen molar-refractivity contribution < 1.29 is 26.7 Å². The van der Waals surface area contributed by atoms with E-state index in [0.29, 0.717) is 6.07 Å². The van der Waals surface area contributed by atoms with E-state index in [1.807, 2.05) is 4.72 Å². The Kier molecular flexibility index (Phi) is 4.20. The number of aliphatic hydroxyl groups excluding tert-OH is 1. The molecule has 1 aromatic rings. The van der Waals surface area contributed by atoms with Gasteiger partial charge in [-0.3, -0.25) is 0 Å². The molecule has 0 fully saturated rings. The number of hydrogen-bond donors (Lipinski definition) is 3. The summed E-state index contributed by atoms with van der Waals surface area (Å²) in [6, 6.07) is 2.29. The summed E-state index contributed by atoms with van der Waals surface area (Å²) >= 11 is 0. The molecule has 0 aromatic heterocycles. The van der Waals surface area contributed by atoms with Crippen LogP contribution in [0.5, 0.6) is 0 Å². The van der Waals surface area contributed by atoms with Gasteiger partial charge < -0.3 is 10.8 Å². The smallest absolute Gasteiger partial charge is 0.398 e. The summed E-state index contributed by atoms with van der Waals surface area (Å²) in [6.45, 7) is -0.742. The van der Waals surface area contributed by atoms with Gasteiger partial charge >= 0.3 is 6.18 Å². The average molecular weight is 284 g/mol. The standard InChI is InChI=1S/C9H11F3N2O3S/c10-9(11,12)7-5-6(1-2-8(7)13)18(16,17)14-3-4-15/h1-2,5,14-15H,3-4,13H2. The third-order valence-electron chi connectivity index (χ3n) is 2.04. The van der Waals surface area contributed by atoms with Crippen molar-refractivity contribution in [3.63, 3.8) is 0 Å². The van der Waals surface area contributed by atoms with Gasteiger partial charge in [0.15, 0.2) is 0 Å². The van der Waals surface area contributed by atoms with Crippen LogP contribution in [0.15, 0.2) is 23.1 Å². The molecule has 0 amide bonds. The van der Waals surface area contributed by atoms with Crippen molar-refractivity contribution in [3.8, 4) is 0 Å². The maximum Gasteiger partial charge on any atom is 0.418 e. The number of aliphatic hydroxyl groups is 1. The third-order valence-corrected chi connectivity index (χ3v) is 3.50. The fourth-order valence-corrected chi connectivity index (χ4v) is 2.26. The molecule has 0 radical (unpaired) electrons. The van der Waals surface area contributed by atoms with E-state index in [2.05, 4.69) is 0 Å². The summed E-state index contributed by atoms with van der Waals surface area (Å²) in [5, 5.41) is 8.48. The molecule has 0 bridgehead atoms. The molecule has 0 aliphatic carbocycles. The molecule has 0 heterocycles. The fourth-order valence-electron chi connectivity index (χ4n) is 1.21. The summed E-state index contributed by atoms with van der Waals surface area (Å²) in [5.41, 5.74) is 3.38. The van der Waals surface area contributed by atoms with Gasteiger partial charge in [0.25, 0.3) is 0 Å². The van der Waals surface area contributed by atoms with Crippen LogP contribution in [-0.2, 0) is 16.2 Å². The van der Waals surface area contributed by atoms with Gasteiger partial charge in [-0.15, -0.1) is 0 Å². The second-order valence-corrected chi connectivity index (χ2v) is 5.14. The molecule has 4 N–H and O–H groups in total. The van der Waals surface area contributed by atoms with Gasteiger partial charge in [0.1, 0.15) is 0 Å². The molecule has 102 valence electrons. The normalized spacial score (nSPS) is 12.7. The molecule has 0 aliphatic heterocycles. The first kappa shape index (κ1) is 14.7. The second kappa shape index (κ2) is 5.12. The number of rotatable bonds is 4. The molecule has 0 atom stereocenters. The second-order valence-electron chi connectivity index (χ2n) is 3.37. The number of benzene rings is 1. The van der Waals surface area contributed by atoms with Crippen molar-refractivity contribution in [2.75, 3.05) is 18.9 Å². The van der Waals surface area contributed by atoms with Crippen molar-refractivity contribution >= 4 is 15.7 Å². The number of sulfonamides is 1. The Labute approximate surface area is 101 Å². The van der Waals surface area contributed by atoms with Gasteiger partial charge in [-0.05, 0) is 18.2 Å². The van der Waals surface area contributed by atoms with Gasteiger partial charge in [0.05, 0.1) is 17.1 Å². The Hall–Kier alpha value is -1.32. The molecule has 18 heavy (non-hydrogen) atoms. The number of anilines is 1. The predicted molar refractivity (Wildman–Crippen MR) is 58.1 cm³/mol. The topological polar surface area (TPSA) is 92.4 Å². The Balaban J connectivity index is 3.21. The summed E-state index contributed by atoms with van der Waals surface area (Å²) in [4.78, 5) is -0.558. The van der Waals surface area contributed by atoms with Crippen molar-refractivity contribution in [1.29, 1.82) is 0 Å². The first-order valence-electron chi connectivity index (χ1n) is 4.76. The van der Waals surface area contributed by atoms with Gasteiger partial charge in [-0.25, -0.2) is 13.1 Å². The lowest BCUT2D eigenvalue weighted by Crippen LogP contribution is -2.27. The van der Waals surface area contributed by atoms with E-state index in [0.717, 1.165) is 12.1 Å². The van der Waals surface area contributed by atoms with Gasteiger partial charge in [0.2, 0.25) is 10.0 Å². The number of halogens is 3. The van der Waals surface area contributed by atoms with Crippen LogP contribution >= 0.6 is 0 Å². The summed E-state index contributed by atoms with van der Waals surface area (Å²) in [5.74, 6) is 0. The monoisotopic (exact) mass is 284 g/mol. The van der Waals surface area contributed by atoms with E-state index in [1.54, 1.807) is 0 Å². The van der Waals surface area contributed by atoms with E-state index in [9.17, 15) is 21.6 Å². The van der Waals surface area contributed by atoms with Gasteiger partial charge in [-0.1, -0.05) is 0 Å². The Morgan fingerprint density at radius 2 is 1.94 bits per heavy atom. The highest BCUT2D eigenvalue weighted by Gasteiger charge is 2.34. The van der Waals surface area contributed by atoms with Crippen LogP contribution in [0.2, 0.25) is 0 Å². The predicted octanol–water partition coefficient (Wildman–Crippen LogP) is 0.558. The largest absolute Gasteiger partial charge is 0.418 e. The molecule has 1 rings (SSSR count). The highest BCUT2D eigenvalue weighted by Crippen LogP contribution is 2.34. The van der Waals surface area contributed by atoms with E-state index in [4.69, 9.17) is 10.8 Å². The minimum atomic E-state index is -4.73. The first-order chi connectivity index (χ1) is 8.18. The van der Waals surface area contributed by atoms with Crippen LogP contribution in [-0.4, -0.2) is 26.7 Å². The molecule has 0 aliphatic rings. The zero-order valence-corrected chi connectivity index (χ0v) is 9.85. The molecule has 0 spiro atoms. The average Bonchev–Trinajstić information content (AvgIpc) is 2.25. The van der Waals surface area contributed by atoms with Gasteiger partial charge in [0, 0.05) is 12.2 Å². The minimum absolute atomic E-state index is 0.284. The van der Waals surface area contributed by atoms with Crippen molar-refractivity contribution in [3.05, 3.63) is 23.8 Å². The van der Waals surface area contributed by atoms with E-state index in [1.165, 1.54) is 0 Å². The molecule has 9 heteroatoms. The zero-order valence-electron chi connectivity index (χ0n) is 9.03. The first-order valence-corrected chi connectivity index (χ1v) is 6.24. The molecule has 1 aromatic carbocycles. The number of nitrogen functional groups attached to an aromatic ring is 1.